The SMILES string of the molecule is Cc1ccn(Cc2ccc3c(c2)OCO3)c(=O)c1C(=O)NCc1cn2ccncc2n1. The van der Waals surface area contributed by atoms with Crippen molar-refractivity contribution < 1.29 is 14.3 Å². The molecule has 0 saturated heterocycles. The third kappa shape index (κ3) is 3.61. The molecular weight excluding hydrogens is 398 g/mol. The van der Waals surface area contributed by atoms with Crippen LogP contribution in [0.4, 0.5) is 0 Å². The number of pyridine rings is 1. The number of hydrogen-bond acceptors (Lipinski definition) is 6. The predicted octanol–water partition coefficient (Wildman–Crippen LogP) is 1.91. The Bertz CT molecular complexity index is 1320. The van der Waals surface area contributed by atoms with E-state index in [2.05, 4.69) is 15.3 Å². The van der Waals surface area contributed by atoms with Crippen LogP contribution in [0.15, 0.2) is 60.0 Å². The molecule has 1 aromatic carbocycles. The van der Waals surface area contributed by atoms with E-state index in [1.807, 2.05) is 28.8 Å². The number of hydrogen-bond donors (Lipinski definition) is 1. The summed E-state index contributed by atoms with van der Waals surface area (Å²) in [5.74, 6) is 0.902. The van der Waals surface area contributed by atoms with E-state index < -0.39 is 5.91 Å². The molecule has 0 bridgehead atoms. The summed E-state index contributed by atoms with van der Waals surface area (Å²) in [7, 11) is 0. The van der Waals surface area contributed by atoms with Crippen molar-refractivity contribution in [1.29, 1.82) is 0 Å². The Hall–Kier alpha value is -4.14. The standard InChI is InChI=1S/C22H19N5O4/c1-14-4-6-27(11-15-2-3-17-18(8-15)31-13-30-17)22(29)20(14)21(28)24-9-16-12-26-7-5-23-10-19(26)25-16/h2-8,10,12H,9,11,13H2,1H3,(H,24,28). The zero-order valence-electron chi connectivity index (χ0n) is 16.7. The molecule has 0 saturated carbocycles. The lowest BCUT2D eigenvalue weighted by Crippen LogP contribution is -2.34. The number of amides is 1. The van der Waals surface area contributed by atoms with Gasteiger partial charge in [-0.25, -0.2) is 4.98 Å². The molecule has 0 spiro atoms. The number of aryl methyl sites for hydroxylation is 1. The zero-order chi connectivity index (χ0) is 21.4. The average molecular weight is 417 g/mol. The average Bonchev–Trinajstić information content (AvgIpc) is 3.40. The number of carbonyl (C=O) groups excluding carboxylic acids is 1. The Morgan fingerprint density at radius 2 is 2.06 bits per heavy atom. The van der Waals surface area contributed by atoms with Gasteiger partial charge in [0.1, 0.15) is 5.56 Å². The summed E-state index contributed by atoms with van der Waals surface area (Å²) >= 11 is 0. The van der Waals surface area contributed by atoms with E-state index in [4.69, 9.17) is 9.47 Å². The van der Waals surface area contributed by atoms with Gasteiger partial charge in [-0.2, -0.15) is 0 Å². The van der Waals surface area contributed by atoms with Crippen molar-refractivity contribution in [3.63, 3.8) is 0 Å². The molecule has 4 heterocycles. The summed E-state index contributed by atoms with van der Waals surface area (Å²) in [6.07, 6.45) is 8.58. The Balaban J connectivity index is 1.36. The summed E-state index contributed by atoms with van der Waals surface area (Å²) in [4.78, 5) is 34.3. The van der Waals surface area contributed by atoms with Gasteiger partial charge in [-0.15, -0.1) is 0 Å². The van der Waals surface area contributed by atoms with E-state index in [0.29, 0.717) is 34.9 Å². The molecule has 31 heavy (non-hydrogen) atoms. The Morgan fingerprint density at radius 3 is 2.94 bits per heavy atom. The molecule has 5 rings (SSSR count). The van der Waals surface area contributed by atoms with Crippen LogP contribution >= 0.6 is 0 Å². The van der Waals surface area contributed by atoms with Crippen LogP contribution < -0.4 is 20.3 Å². The largest absolute Gasteiger partial charge is 0.454 e. The van der Waals surface area contributed by atoms with Crippen LogP contribution in [-0.4, -0.2) is 31.6 Å². The predicted molar refractivity (Wildman–Crippen MR) is 111 cm³/mol. The summed E-state index contributed by atoms with van der Waals surface area (Å²) in [5, 5.41) is 2.80. The monoisotopic (exact) mass is 417 g/mol. The fourth-order valence-electron chi connectivity index (χ4n) is 3.54. The number of benzene rings is 1. The lowest BCUT2D eigenvalue weighted by molar-refractivity contribution is 0.0947. The van der Waals surface area contributed by atoms with E-state index in [-0.39, 0.29) is 24.5 Å². The maximum Gasteiger partial charge on any atom is 0.263 e. The van der Waals surface area contributed by atoms with Gasteiger partial charge in [0.15, 0.2) is 17.1 Å². The highest BCUT2D eigenvalue weighted by atomic mass is 16.7. The molecule has 9 heteroatoms. The lowest BCUT2D eigenvalue weighted by Gasteiger charge is -2.11. The molecule has 3 aromatic heterocycles. The van der Waals surface area contributed by atoms with Crippen LogP contribution in [0.25, 0.3) is 5.65 Å². The summed E-state index contributed by atoms with van der Waals surface area (Å²) in [6.45, 7) is 2.46. The first-order valence-electron chi connectivity index (χ1n) is 9.73. The van der Waals surface area contributed by atoms with Gasteiger partial charge >= 0.3 is 0 Å². The molecule has 0 unspecified atom stereocenters. The number of rotatable bonds is 5. The summed E-state index contributed by atoms with van der Waals surface area (Å²) in [5.41, 5.74) is 2.62. The quantitative estimate of drug-likeness (QED) is 0.533. The molecule has 1 aliphatic rings. The molecule has 1 amide bonds. The van der Waals surface area contributed by atoms with Gasteiger partial charge in [0.2, 0.25) is 6.79 Å². The van der Waals surface area contributed by atoms with Gasteiger partial charge < -0.3 is 23.8 Å². The van der Waals surface area contributed by atoms with Gasteiger partial charge in [-0.3, -0.25) is 14.6 Å². The number of ether oxygens (including phenoxy) is 2. The molecule has 4 aromatic rings. The van der Waals surface area contributed by atoms with Crippen molar-refractivity contribution in [2.75, 3.05) is 6.79 Å². The molecular formula is C22H19N5O4. The normalized spacial score (nSPS) is 12.3. The fraction of sp³-hybridized carbons (Fsp3) is 0.182. The van der Waals surface area contributed by atoms with E-state index in [1.165, 1.54) is 4.57 Å². The van der Waals surface area contributed by atoms with E-state index in [1.54, 1.807) is 37.8 Å². The third-order valence-electron chi connectivity index (χ3n) is 5.13. The Morgan fingerprint density at radius 1 is 1.19 bits per heavy atom. The second kappa shape index (κ2) is 7.60. The van der Waals surface area contributed by atoms with E-state index in [0.717, 1.165) is 5.56 Å². The van der Waals surface area contributed by atoms with Crippen LogP contribution in [0.3, 0.4) is 0 Å². The molecule has 9 nitrogen and oxygen atoms in total. The van der Waals surface area contributed by atoms with Crippen LogP contribution in [0.1, 0.15) is 27.2 Å². The summed E-state index contributed by atoms with van der Waals surface area (Å²) < 4.78 is 14.1. The van der Waals surface area contributed by atoms with Gasteiger partial charge in [-0.05, 0) is 36.2 Å². The van der Waals surface area contributed by atoms with Gasteiger partial charge in [0, 0.05) is 24.8 Å². The van der Waals surface area contributed by atoms with Gasteiger partial charge in [0.05, 0.1) is 25.0 Å². The van der Waals surface area contributed by atoms with Gasteiger partial charge in [0.25, 0.3) is 11.5 Å². The van der Waals surface area contributed by atoms with Crippen LogP contribution in [-0.2, 0) is 13.1 Å². The molecule has 0 fully saturated rings. The van der Waals surface area contributed by atoms with Crippen molar-refractivity contribution in [3.8, 4) is 11.5 Å². The Labute approximate surface area is 176 Å². The highest BCUT2D eigenvalue weighted by molar-refractivity contribution is 5.95. The second-order valence-electron chi connectivity index (χ2n) is 7.25. The first kappa shape index (κ1) is 18.9. The number of carbonyl (C=O) groups is 1. The first-order chi connectivity index (χ1) is 15.1. The first-order valence-corrected chi connectivity index (χ1v) is 9.73. The highest BCUT2D eigenvalue weighted by Crippen LogP contribution is 2.32. The molecule has 0 radical (unpaired) electrons. The number of imidazole rings is 1. The second-order valence-corrected chi connectivity index (χ2v) is 7.25. The van der Waals surface area contributed by atoms with Crippen LogP contribution in [0.5, 0.6) is 11.5 Å². The van der Waals surface area contributed by atoms with Crippen LogP contribution in [0, 0.1) is 6.92 Å². The molecule has 1 N–H and O–H groups in total. The number of nitrogens with one attached hydrogen (secondary N) is 1. The maximum absolute atomic E-state index is 13.0. The number of aromatic nitrogens is 4. The minimum atomic E-state index is -0.433. The van der Waals surface area contributed by atoms with Crippen molar-refractivity contribution >= 4 is 11.6 Å². The topological polar surface area (TPSA) is 99.8 Å². The van der Waals surface area contributed by atoms with Gasteiger partial charge in [-0.1, -0.05) is 6.07 Å². The molecule has 1 aliphatic heterocycles. The van der Waals surface area contributed by atoms with E-state index in [9.17, 15) is 9.59 Å². The lowest BCUT2D eigenvalue weighted by atomic mass is 10.1. The van der Waals surface area contributed by atoms with E-state index >= 15 is 0 Å². The number of nitrogens with zero attached hydrogens (tertiary/aromatic N) is 4. The fourth-order valence-corrected chi connectivity index (χ4v) is 3.54. The minimum Gasteiger partial charge on any atom is -0.454 e. The smallest absolute Gasteiger partial charge is 0.263 e. The van der Waals surface area contributed by atoms with Crippen molar-refractivity contribution in [2.24, 2.45) is 0 Å². The van der Waals surface area contributed by atoms with Crippen molar-refractivity contribution in [3.05, 3.63) is 88.0 Å². The molecule has 0 aliphatic carbocycles. The third-order valence-corrected chi connectivity index (χ3v) is 5.13. The highest BCUT2D eigenvalue weighted by Gasteiger charge is 2.18. The number of fused-ring (bicyclic) bond motifs is 2. The summed E-state index contributed by atoms with van der Waals surface area (Å²) in [6, 6.07) is 7.29. The zero-order valence-corrected chi connectivity index (χ0v) is 16.7. The Kier molecular flexibility index (Phi) is 4.62. The molecule has 156 valence electrons. The van der Waals surface area contributed by atoms with Crippen molar-refractivity contribution in [2.45, 2.75) is 20.0 Å². The molecule has 0 atom stereocenters. The minimum absolute atomic E-state index is 0.119. The maximum atomic E-state index is 13.0. The van der Waals surface area contributed by atoms with Crippen LogP contribution in [0.2, 0.25) is 0 Å². The van der Waals surface area contributed by atoms with Crippen molar-refractivity contribution in [1.82, 2.24) is 24.3 Å².